The fraction of sp³-hybridized carbons (Fsp3) is 0.294. The average molecular weight is 297 g/mol. The van der Waals surface area contributed by atoms with Crippen LogP contribution in [-0.2, 0) is 0 Å². The van der Waals surface area contributed by atoms with Crippen molar-refractivity contribution in [3.05, 3.63) is 48.3 Å². The zero-order chi connectivity index (χ0) is 14.8. The first-order chi connectivity index (χ1) is 10.2. The molecule has 1 aromatic carbocycles. The van der Waals surface area contributed by atoms with E-state index in [0.29, 0.717) is 5.25 Å². The molecule has 0 spiro atoms. The standard InChI is InChI=1S/C17H19N3S/c1-4-13(3)21-16-10-12(2)19-17-15(11-18-20(16)17)14-8-6-5-7-9-14/h5-11,13H,4H2,1-3H3. The normalized spacial score (nSPS) is 12.7. The maximum Gasteiger partial charge on any atom is 0.164 e. The zero-order valence-corrected chi connectivity index (χ0v) is 13.4. The lowest BCUT2D eigenvalue weighted by atomic mass is 10.1. The number of aromatic nitrogens is 3. The van der Waals surface area contributed by atoms with Gasteiger partial charge in [0.1, 0.15) is 5.03 Å². The van der Waals surface area contributed by atoms with E-state index in [9.17, 15) is 0 Å². The van der Waals surface area contributed by atoms with Crippen molar-refractivity contribution in [1.29, 1.82) is 0 Å². The van der Waals surface area contributed by atoms with Crippen LogP contribution in [0.4, 0.5) is 0 Å². The SMILES string of the molecule is CCC(C)Sc1cc(C)nc2c(-c3ccccc3)cnn12. The molecule has 2 aromatic heterocycles. The summed E-state index contributed by atoms with van der Waals surface area (Å²) >= 11 is 1.86. The van der Waals surface area contributed by atoms with Crippen LogP contribution in [0.25, 0.3) is 16.8 Å². The summed E-state index contributed by atoms with van der Waals surface area (Å²) in [6, 6.07) is 12.4. The predicted octanol–water partition coefficient (Wildman–Crippen LogP) is 4.60. The van der Waals surface area contributed by atoms with E-state index in [1.54, 1.807) is 0 Å². The summed E-state index contributed by atoms with van der Waals surface area (Å²) in [4.78, 5) is 4.69. The van der Waals surface area contributed by atoms with Crippen LogP contribution < -0.4 is 0 Å². The highest BCUT2D eigenvalue weighted by atomic mass is 32.2. The molecule has 1 unspecified atom stereocenters. The highest BCUT2D eigenvalue weighted by Crippen LogP contribution is 2.29. The lowest BCUT2D eigenvalue weighted by Crippen LogP contribution is -2.01. The predicted molar refractivity (Wildman–Crippen MR) is 88.8 cm³/mol. The summed E-state index contributed by atoms with van der Waals surface area (Å²) in [5, 5.41) is 6.29. The third kappa shape index (κ3) is 2.81. The molecule has 0 fully saturated rings. The van der Waals surface area contributed by atoms with E-state index in [0.717, 1.165) is 33.9 Å². The van der Waals surface area contributed by atoms with Crippen LogP contribution in [-0.4, -0.2) is 19.8 Å². The Bertz CT molecular complexity index is 749. The largest absolute Gasteiger partial charge is 0.233 e. The molecule has 0 aliphatic carbocycles. The Morgan fingerprint density at radius 2 is 2.00 bits per heavy atom. The highest BCUT2D eigenvalue weighted by molar-refractivity contribution is 7.99. The van der Waals surface area contributed by atoms with Gasteiger partial charge in [0, 0.05) is 16.5 Å². The van der Waals surface area contributed by atoms with E-state index in [4.69, 9.17) is 4.98 Å². The molecule has 0 saturated heterocycles. The van der Waals surface area contributed by atoms with Gasteiger partial charge in [-0.3, -0.25) is 0 Å². The molecular weight excluding hydrogens is 278 g/mol. The van der Waals surface area contributed by atoms with E-state index >= 15 is 0 Å². The van der Waals surface area contributed by atoms with Crippen LogP contribution in [0.2, 0.25) is 0 Å². The Labute approximate surface area is 129 Å². The Morgan fingerprint density at radius 1 is 1.24 bits per heavy atom. The van der Waals surface area contributed by atoms with Crippen LogP contribution >= 0.6 is 11.8 Å². The van der Waals surface area contributed by atoms with Crippen LogP contribution in [0.15, 0.2) is 47.6 Å². The van der Waals surface area contributed by atoms with Gasteiger partial charge in [0.15, 0.2) is 5.65 Å². The Hall–Kier alpha value is -1.81. The van der Waals surface area contributed by atoms with Crippen molar-refractivity contribution < 1.29 is 0 Å². The first-order valence-electron chi connectivity index (χ1n) is 7.26. The van der Waals surface area contributed by atoms with Crippen molar-refractivity contribution in [3.63, 3.8) is 0 Å². The van der Waals surface area contributed by atoms with Crippen molar-refractivity contribution in [1.82, 2.24) is 14.6 Å². The molecule has 21 heavy (non-hydrogen) atoms. The van der Waals surface area contributed by atoms with Gasteiger partial charge in [0.2, 0.25) is 0 Å². The summed E-state index contributed by atoms with van der Waals surface area (Å²) in [5.41, 5.74) is 4.22. The Morgan fingerprint density at radius 3 is 2.71 bits per heavy atom. The number of fused-ring (bicyclic) bond motifs is 1. The molecule has 0 radical (unpaired) electrons. The molecule has 0 aliphatic rings. The number of hydrogen-bond donors (Lipinski definition) is 0. The molecule has 0 saturated carbocycles. The molecule has 3 rings (SSSR count). The first kappa shape index (κ1) is 14.1. The van der Waals surface area contributed by atoms with Crippen molar-refractivity contribution in [2.45, 2.75) is 37.5 Å². The lowest BCUT2D eigenvalue weighted by molar-refractivity contribution is 0.823. The first-order valence-corrected chi connectivity index (χ1v) is 8.14. The molecule has 0 amide bonds. The number of nitrogens with zero attached hydrogens (tertiary/aromatic N) is 3. The van der Waals surface area contributed by atoms with Gasteiger partial charge in [0.05, 0.1) is 6.20 Å². The molecule has 0 N–H and O–H groups in total. The number of thioether (sulfide) groups is 1. The van der Waals surface area contributed by atoms with Crippen molar-refractivity contribution in [2.75, 3.05) is 0 Å². The molecule has 0 aliphatic heterocycles. The van der Waals surface area contributed by atoms with Gasteiger partial charge in [-0.05, 0) is 25.0 Å². The van der Waals surface area contributed by atoms with Crippen LogP contribution in [0.5, 0.6) is 0 Å². The second-order valence-electron chi connectivity index (χ2n) is 5.23. The summed E-state index contributed by atoms with van der Waals surface area (Å²) in [6.07, 6.45) is 3.05. The molecular formula is C17H19N3S. The van der Waals surface area contributed by atoms with E-state index in [1.807, 2.05) is 47.6 Å². The van der Waals surface area contributed by atoms with Gasteiger partial charge in [0.25, 0.3) is 0 Å². The minimum atomic E-state index is 0.569. The topological polar surface area (TPSA) is 30.2 Å². The molecule has 1 atom stereocenters. The van der Waals surface area contributed by atoms with Crippen molar-refractivity contribution >= 4 is 17.4 Å². The molecule has 3 aromatic rings. The van der Waals surface area contributed by atoms with E-state index in [1.165, 1.54) is 0 Å². The van der Waals surface area contributed by atoms with E-state index < -0.39 is 0 Å². The summed E-state index contributed by atoms with van der Waals surface area (Å²) in [7, 11) is 0. The summed E-state index contributed by atoms with van der Waals surface area (Å²) in [5.74, 6) is 0. The molecule has 108 valence electrons. The molecule has 2 heterocycles. The van der Waals surface area contributed by atoms with E-state index in [-0.39, 0.29) is 0 Å². The Kier molecular flexibility index (Phi) is 3.97. The van der Waals surface area contributed by atoms with Crippen LogP contribution in [0.3, 0.4) is 0 Å². The monoisotopic (exact) mass is 297 g/mol. The zero-order valence-electron chi connectivity index (χ0n) is 12.6. The van der Waals surface area contributed by atoms with Crippen LogP contribution in [0, 0.1) is 6.92 Å². The maximum absolute atomic E-state index is 4.69. The van der Waals surface area contributed by atoms with Crippen molar-refractivity contribution in [3.8, 4) is 11.1 Å². The molecule has 4 heteroatoms. The smallest absolute Gasteiger partial charge is 0.164 e. The quantitative estimate of drug-likeness (QED) is 0.521. The lowest BCUT2D eigenvalue weighted by Gasteiger charge is -2.10. The minimum absolute atomic E-state index is 0.569. The number of hydrogen-bond acceptors (Lipinski definition) is 3. The number of aryl methyl sites for hydroxylation is 1. The second-order valence-corrected chi connectivity index (χ2v) is 6.69. The molecule has 3 nitrogen and oxygen atoms in total. The summed E-state index contributed by atoms with van der Waals surface area (Å²) in [6.45, 7) is 6.50. The third-order valence-corrected chi connectivity index (χ3v) is 4.82. The van der Waals surface area contributed by atoms with Crippen LogP contribution in [0.1, 0.15) is 26.0 Å². The number of rotatable bonds is 4. The highest BCUT2D eigenvalue weighted by Gasteiger charge is 2.13. The van der Waals surface area contributed by atoms with Gasteiger partial charge < -0.3 is 0 Å². The fourth-order valence-electron chi connectivity index (χ4n) is 2.24. The second kappa shape index (κ2) is 5.90. The molecule has 0 bridgehead atoms. The third-order valence-electron chi connectivity index (χ3n) is 3.55. The van der Waals surface area contributed by atoms with Crippen molar-refractivity contribution in [2.24, 2.45) is 0 Å². The van der Waals surface area contributed by atoms with Gasteiger partial charge in [-0.2, -0.15) is 5.10 Å². The van der Waals surface area contributed by atoms with Gasteiger partial charge >= 0.3 is 0 Å². The van der Waals surface area contributed by atoms with Gasteiger partial charge in [-0.15, -0.1) is 11.8 Å². The average Bonchev–Trinajstić information content (AvgIpc) is 2.91. The maximum atomic E-state index is 4.69. The Balaban J connectivity index is 2.14. The van der Waals surface area contributed by atoms with Gasteiger partial charge in [-0.25, -0.2) is 9.50 Å². The van der Waals surface area contributed by atoms with E-state index in [2.05, 4.69) is 37.1 Å². The fourth-order valence-corrected chi connectivity index (χ4v) is 3.30. The minimum Gasteiger partial charge on any atom is -0.233 e. The van der Waals surface area contributed by atoms with Gasteiger partial charge in [-0.1, -0.05) is 44.2 Å². The number of benzene rings is 1. The summed E-state index contributed by atoms with van der Waals surface area (Å²) < 4.78 is 1.96.